The fourth-order valence-electron chi connectivity index (χ4n) is 2.85. The molecule has 1 aromatic rings. The van der Waals surface area contributed by atoms with E-state index >= 15 is 0 Å². The zero-order valence-electron chi connectivity index (χ0n) is 13.4. The van der Waals surface area contributed by atoms with Gasteiger partial charge in [0.2, 0.25) is 0 Å². The molecule has 1 aliphatic rings. The highest BCUT2D eigenvalue weighted by Gasteiger charge is 2.25. The lowest BCUT2D eigenvalue weighted by Gasteiger charge is -2.20. The number of hydrogen-bond acceptors (Lipinski definition) is 2. The summed E-state index contributed by atoms with van der Waals surface area (Å²) in [5.74, 6) is -2.98. The van der Waals surface area contributed by atoms with Gasteiger partial charge in [-0.25, -0.2) is 0 Å². The lowest BCUT2D eigenvalue weighted by Crippen LogP contribution is -2.22. The number of hydrogen-bond donors (Lipinski definition) is 2. The Balaban J connectivity index is 1.99. The summed E-state index contributed by atoms with van der Waals surface area (Å²) in [4.78, 5) is 22.9. The third-order valence-corrected chi connectivity index (χ3v) is 4.22. The fraction of sp³-hybridized carbons (Fsp3) is 0.300. The molecule has 2 N–H and O–H groups in total. The zero-order valence-corrected chi connectivity index (χ0v) is 13.4. The van der Waals surface area contributed by atoms with E-state index < -0.39 is 23.8 Å². The van der Waals surface area contributed by atoms with Gasteiger partial charge in [0.1, 0.15) is 0 Å². The monoisotopic (exact) mass is 326 g/mol. The van der Waals surface area contributed by atoms with Gasteiger partial charge in [-0.05, 0) is 30.7 Å². The maximum Gasteiger partial charge on any atom is 0.310 e. The highest BCUT2D eigenvalue weighted by molar-refractivity contribution is 5.73. The second-order valence-electron chi connectivity index (χ2n) is 5.96. The van der Waals surface area contributed by atoms with Gasteiger partial charge < -0.3 is 10.2 Å². The number of carbonyl (C=O) groups is 2. The van der Waals surface area contributed by atoms with Crippen LogP contribution in [0.25, 0.3) is 0 Å². The molecule has 3 unspecified atom stereocenters. The summed E-state index contributed by atoms with van der Waals surface area (Å²) >= 11 is 0. The number of allylic oxidation sites excluding steroid dienone is 5. The standard InChI is InChI=1S/C20H22O4/c21-19(22)17(14-15-8-3-1-4-9-15)12-7-13-18(20(23)24)16-10-5-2-6-11-16/h1-10,12,16-18H,11,13-14H2,(H,21,22)(H,23,24)/b12-7+. The molecule has 1 aromatic carbocycles. The SMILES string of the molecule is O=C(O)C(/C=C/CC(C(=O)O)C1C=CC=CC1)Cc1ccccc1. The van der Waals surface area contributed by atoms with E-state index in [2.05, 4.69) is 0 Å². The van der Waals surface area contributed by atoms with Gasteiger partial charge in [0.15, 0.2) is 0 Å². The molecule has 0 saturated carbocycles. The fourth-order valence-corrected chi connectivity index (χ4v) is 2.85. The molecule has 1 aliphatic carbocycles. The topological polar surface area (TPSA) is 74.6 Å². The Morgan fingerprint density at radius 1 is 1.12 bits per heavy atom. The average molecular weight is 326 g/mol. The maximum atomic E-state index is 11.5. The molecule has 4 nitrogen and oxygen atoms in total. The summed E-state index contributed by atoms with van der Waals surface area (Å²) in [5.41, 5.74) is 0.949. The van der Waals surface area contributed by atoms with Crippen molar-refractivity contribution >= 4 is 11.9 Å². The minimum atomic E-state index is -0.900. The average Bonchev–Trinajstić information content (AvgIpc) is 2.58. The lowest BCUT2D eigenvalue weighted by molar-refractivity contribution is -0.143. The molecule has 0 amide bonds. The van der Waals surface area contributed by atoms with Gasteiger partial charge >= 0.3 is 11.9 Å². The van der Waals surface area contributed by atoms with Crippen molar-refractivity contribution in [3.05, 3.63) is 72.4 Å². The number of carboxylic acid groups (broad SMARTS) is 2. The smallest absolute Gasteiger partial charge is 0.310 e. The first-order chi connectivity index (χ1) is 11.6. The highest BCUT2D eigenvalue weighted by Crippen LogP contribution is 2.25. The molecule has 3 atom stereocenters. The number of carboxylic acids is 2. The highest BCUT2D eigenvalue weighted by atomic mass is 16.4. The normalized spacial score (nSPS) is 19.2. The van der Waals surface area contributed by atoms with E-state index in [1.807, 2.05) is 54.6 Å². The third-order valence-electron chi connectivity index (χ3n) is 4.22. The van der Waals surface area contributed by atoms with E-state index in [4.69, 9.17) is 0 Å². The van der Waals surface area contributed by atoms with Crippen LogP contribution in [-0.2, 0) is 16.0 Å². The Kier molecular flexibility index (Phi) is 6.55. The molecular weight excluding hydrogens is 304 g/mol. The summed E-state index contributed by atoms with van der Waals surface area (Å²) in [6.45, 7) is 0. The van der Waals surface area contributed by atoms with Gasteiger partial charge in [-0.3, -0.25) is 9.59 Å². The first-order valence-electron chi connectivity index (χ1n) is 8.07. The molecule has 4 heteroatoms. The van der Waals surface area contributed by atoms with E-state index in [0.717, 1.165) is 5.56 Å². The van der Waals surface area contributed by atoms with Gasteiger partial charge in [-0.15, -0.1) is 0 Å². The van der Waals surface area contributed by atoms with Crippen molar-refractivity contribution in [2.24, 2.45) is 17.8 Å². The third kappa shape index (κ3) is 5.23. The van der Waals surface area contributed by atoms with Crippen LogP contribution in [0.15, 0.2) is 66.8 Å². The van der Waals surface area contributed by atoms with E-state index in [0.29, 0.717) is 19.3 Å². The summed E-state index contributed by atoms with van der Waals surface area (Å²) in [5, 5.41) is 18.8. The van der Waals surface area contributed by atoms with Crippen LogP contribution in [0, 0.1) is 17.8 Å². The predicted molar refractivity (Wildman–Crippen MR) is 92.5 cm³/mol. The van der Waals surface area contributed by atoms with E-state index in [-0.39, 0.29) is 5.92 Å². The van der Waals surface area contributed by atoms with E-state index in [1.54, 1.807) is 12.2 Å². The molecule has 0 aliphatic heterocycles. The first kappa shape index (κ1) is 17.7. The van der Waals surface area contributed by atoms with Crippen LogP contribution in [-0.4, -0.2) is 22.2 Å². The first-order valence-corrected chi connectivity index (χ1v) is 8.07. The number of benzene rings is 1. The van der Waals surface area contributed by atoms with Gasteiger partial charge in [0.05, 0.1) is 11.8 Å². The van der Waals surface area contributed by atoms with Crippen molar-refractivity contribution in [2.75, 3.05) is 0 Å². The molecule has 0 bridgehead atoms. The molecule has 0 aromatic heterocycles. The quantitative estimate of drug-likeness (QED) is 0.714. The zero-order chi connectivity index (χ0) is 17.4. The van der Waals surface area contributed by atoms with Crippen molar-refractivity contribution in [2.45, 2.75) is 19.3 Å². The molecule has 0 heterocycles. The Bertz CT molecular complexity index is 643. The van der Waals surface area contributed by atoms with Crippen molar-refractivity contribution in [3.63, 3.8) is 0 Å². The van der Waals surface area contributed by atoms with E-state index in [1.165, 1.54) is 0 Å². The lowest BCUT2D eigenvalue weighted by atomic mass is 9.84. The summed E-state index contributed by atoms with van der Waals surface area (Å²) in [7, 11) is 0. The van der Waals surface area contributed by atoms with Crippen LogP contribution in [0.2, 0.25) is 0 Å². The maximum absolute atomic E-state index is 11.5. The van der Waals surface area contributed by atoms with Crippen LogP contribution in [0.5, 0.6) is 0 Å². The Hall–Kier alpha value is -2.62. The van der Waals surface area contributed by atoms with E-state index in [9.17, 15) is 19.8 Å². The Labute approximate surface area is 141 Å². The molecule has 24 heavy (non-hydrogen) atoms. The Morgan fingerprint density at radius 3 is 2.46 bits per heavy atom. The van der Waals surface area contributed by atoms with Crippen LogP contribution in [0.1, 0.15) is 18.4 Å². The molecule has 0 saturated heterocycles. The molecule has 126 valence electrons. The Morgan fingerprint density at radius 2 is 1.88 bits per heavy atom. The summed E-state index contributed by atoms with van der Waals surface area (Å²) in [6.07, 6.45) is 12.4. The van der Waals surface area contributed by atoms with Crippen LogP contribution in [0.4, 0.5) is 0 Å². The molecule has 0 spiro atoms. The van der Waals surface area contributed by atoms with Crippen LogP contribution < -0.4 is 0 Å². The van der Waals surface area contributed by atoms with Crippen LogP contribution in [0.3, 0.4) is 0 Å². The van der Waals surface area contributed by atoms with Crippen molar-refractivity contribution in [1.29, 1.82) is 0 Å². The molecule has 0 fully saturated rings. The molecular formula is C20H22O4. The van der Waals surface area contributed by atoms with Crippen molar-refractivity contribution in [3.8, 4) is 0 Å². The molecule has 0 radical (unpaired) electrons. The van der Waals surface area contributed by atoms with Crippen molar-refractivity contribution in [1.82, 2.24) is 0 Å². The van der Waals surface area contributed by atoms with Crippen molar-refractivity contribution < 1.29 is 19.8 Å². The number of aliphatic carboxylic acids is 2. The molecule has 2 rings (SSSR count). The summed E-state index contributed by atoms with van der Waals surface area (Å²) < 4.78 is 0. The van der Waals surface area contributed by atoms with Gasteiger partial charge in [0.25, 0.3) is 0 Å². The van der Waals surface area contributed by atoms with Gasteiger partial charge in [0, 0.05) is 0 Å². The van der Waals surface area contributed by atoms with Gasteiger partial charge in [-0.1, -0.05) is 66.8 Å². The minimum Gasteiger partial charge on any atom is -0.481 e. The summed E-state index contributed by atoms with van der Waals surface area (Å²) in [6, 6.07) is 9.42. The largest absolute Gasteiger partial charge is 0.481 e. The van der Waals surface area contributed by atoms with Crippen LogP contribution >= 0.6 is 0 Å². The minimum absolute atomic E-state index is 0.0467. The predicted octanol–water partition coefficient (Wildman–Crippen LogP) is 3.71. The number of rotatable bonds is 8. The van der Waals surface area contributed by atoms with Gasteiger partial charge in [-0.2, -0.15) is 0 Å². The second-order valence-corrected chi connectivity index (χ2v) is 5.96. The second kappa shape index (κ2) is 8.87.